The highest BCUT2D eigenvalue weighted by atomic mass is 16.6. The number of nitriles is 1. The molecule has 0 aliphatic heterocycles. The maximum atomic E-state index is 10.9. The van der Waals surface area contributed by atoms with Gasteiger partial charge < -0.3 is 4.74 Å². The van der Waals surface area contributed by atoms with Gasteiger partial charge in [0.05, 0.1) is 29.1 Å². The minimum Gasteiger partial charge on any atom is -0.496 e. The zero-order chi connectivity index (χ0) is 12.3. The summed E-state index contributed by atoms with van der Waals surface area (Å²) in [5.41, 5.74) is -0.745. The fourth-order valence-corrected chi connectivity index (χ4v) is 1.53. The van der Waals surface area contributed by atoms with Crippen LogP contribution in [0.5, 0.6) is 5.75 Å². The monoisotopic (exact) mass is 220 g/mol. The molecule has 5 heteroatoms. The van der Waals surface area contributed by atoms with E-state index in [0.29, 0.717) is 11.3 Å². The van der Waals surface area contributed by atoms with Crippen molar-refractivity contribution in [2.45, 2.75) is 19.3 Å². The Balaban J connectivity index is 3.56. The number of nitrogens with zero attached hydrogens (tertiary/aromatic N) is 2. The number of nitro groups is 1. The highest BCUT2D eigenvalue weighted by molar-refractivity contribution is 5.55. The van der Waals surface area contributed by atoms with Gasteiger partial charge in [-0.25, -0.2) is 0 Å². The van der Waals surface area contributed by atoms with E-state index in [0.717, 1.165) is 0 Å². The number of methoxy groups -OCH3 is 1. The molecular weight excluding hydrogens is 208 g/mol. The van der Waals surface area contributed by atoms with E-state index in [1.54, 1.807) is 19.9 Å². The Morgan fingerprint density at radius 2 is 2.12 bits per heavy atom. The normalized spacial score (nSPS) is 10.6. The Morgan fingerprint density at radius 1 is 1.50 bits per heavy atom. The van der Waals surface area contributed by atoms with Gasteiger partial charge in [-0.2, -0.15) is 5.26 Å². The quantitative estimate of drug-likeness (QED) is 0.579. The van der Waals surface area contributed by atoms with Gasteiger partial charge >= 0.3 is 0 Å². The molecule has 0 amide bonds. The van der Waals surface area contributed by atoms with Crippen molar-refractivity contribution in [3.05, 3.63) is 33.9 Å². The van der Waals surface area contributed by atoms with Crippen molar-refractivity contribution in [2.75, 3.05) is 7.11 Å². The second-order valence-electron chi connectivity index (χ2n) is 3.85. The fourth-order valence-electron chi connectivity index (χ4n) is 1.53. The summed E-state index contributed by atoms with van der Waals surface area (Å²) in [5.74, 6) is 0.362. The van der Waals surface area contributed by atoms with E-state index in [1.165, 1.54) is 19.2 Å². The van der Waals surface area contributed by atoms with Crippen LogP contribution in [-0.2, 0) is 5.41 Å². The number of ether oxygens (including phenoxy) is 1. The molecule has 84 valence electrons. The van der Waals surface area contributed by atoms with Gasteiger partial charge in [0, 0.05) is 6.07 Å². The predicted octanol–water partition coefficient (Wildman–Crippen LogP) is 2.40. The predicted molar refractivity (Wildman–Crippen MR) is 58.3 cm³/mol. The lowest BCUT2D eigenvalue weighted by molar-refractivity contribution is -0.386. The van der Waals surface area contributed by atoms with Crippen molar-refractivity contribution in [1.82, 2.24) is 0 Å². The molecule has 1 aromatic rings. The van der Waals surface area contributed by atoms with E-state index in [1.807, 2.05) is 6.07 Å². The summed E-state index contributed by atoms with van der Waals surface area (Å²) in [5, 5.41) is 19.9. The van der Waals surface area contributed by atoms with Crippen molar-refractivity contribution >= 4 is 5.69 Å². The van der Waals surface area contributed by atoms with Crippen LogP contribution in [0.15, 0.2) is 18.2 Å². The minimum absolute atomic E-state index is 0.0918. The molecule has 0 unspecified atom stereocenters. The molecule has 0 saturated heterocycles. The summed E-state index contributed by atoms with van der Waals surface area (Å²) in [6.45, 7) is 3.25. The molecule has 0 spiro atoms. The number of hydrogen-bond donors (Lipinski definition) is 0. The standard InChI is InChI=1S/C11H12N2O3/c1-11(2,7-12)10-8(13(14)15)5-4-6-9(10)16-3/h4-6H,1-3H3. The fraction of sp³-hybridized carbons (Fsp3) is 0.364. The number of rotatable bonds is 3. The van der Waals surface area contributed by atoms with E-state index < -0.39 is 10.3 Å². The summed E-state index contributed by atoms with van der Waals surface area (Å²) in [6, 6.07) is 6.56. The second kappa shape index (κ2) is 4.19. The van der Waals surface area contributed by atoms with Crippen LogP contribution < -0.4 is 4.74 Å². The third-order valence-electron chi connectivity index (χ3n) is 2.33. The van der Waals surface area contributed by atoms with Gasteiger partial charge in [-0.1, -0.05) is 6.07 Å². The molecule has 5 nitrogen and oxygen atoms in total. The van der Waals surface area contributed by atoms with Crippen LogP contribution in [0.4, 0.5) is 5.69 Å². The summed E-state index contributed by atoms with van der Waals surface area (Å²) in [6.07, 6.45) is 0. The molecule has 0 fully saturated rings. The van der Waals surface area contributed by atoms with Crippen LogP contribution in [0, 0.1) is 21.4 Å². The number of benzene rings is 1. The summed E-state index contributed by atoms with van der Waals surface area (Å²) in [4.78, 5) is 10.4. The van der Waals surface area contributed by atoms with Crippen LogP contribution in [0.3, 0.4) is 0 Å². The maximum absolute atomic E-state index is 10.9. The van der Waals surface area contributed by atoms with Crippen molar-refractivity contribution in [2.24, 2.45) is 0 Å². The van der Waals surface area contributed by atoms with E-state index in [-0.39, 0.29) is 5.69 Å². The average Bonchev–Trinajstić information content (AvgIpc) is 2.27. The molecule has 0 heterocycles. The van der Waals surface area contributed by atoms with Gasteiger partial charge in [0.15, 0.2) is 0 Å². The molecule has 0 aromatic heterocycles. The summed E-state index contributed by atoms with van der Waals surface area (Å²) < 4.78 is 5.07. The van der Waals surface area contributed by atoms with E-state index in [9.17, 15) is 10.1 Å². The van der Waals surface area contributed by atoms with Gasteiger partial charge in [0.1, 0.15) is 5.75 Å². The molecule has 0 atom stereocenters. The highest BCUT2D eigenvalue weighted by Crippen LogP contribution is 2.38. The Morgan fingerprint density at radius 3 is 2.56 bits per heavy atom. The first-order chi connectivity index (χ1) is 7.44. The third-order valence-corrected chi connectivity index (χ3v) is 2.33. The van der Waals surface area contributed by atoms with Crippen molar-refractivity contribution in [1.29, 1.82) is 5.26 Å². The van der Waals surface area contributed by atoms with Gasteiger partial charge in [0.25, 0.3) is 5.69 Å². The SMILES string of the molecule is COc1cccc([N+](=O)[O-])c1C(C)(C)C#N. The zero-order valence-corrected chi connectivity index (χ0v) is 9.35. The van der Waals surface area contributed by atoms with Crippen LogP contribution in [0.1, 0.15) is 19.4 Å². The zero-order valence-electron chi connectivity index (χ0n) is 9.35. The third kappa shape index (κ3) is 1.96. The number of nitro benzene ring substituents is 1. The first-order valence-corrected chi connectivity index (χ1v) is 4.67. The molecule has 0 bridgehead atoms. The lowest BCUT2D eigenvalue weighted by atomic mass is 9.84. The van der Waals surface area contributed by atoms with E-state index >= 15 is 0 Å². The van der Waals surface area contributed by atoms with Crippen molar-refractivity contribution in [3.63, 3.8) is 0 Å². The molecule has 0 N–H and O–H groups in total. The van der Waals surface area contributed by atoms with Gasteiger partial charge in [0.2, 0.25) is 0 Å². The van der Waals surface area contributed by atoms with E-state index in [4.69, 9.17) is 10.00 Å². The number of hydrogen-bond acceptors (Lipinski definition) is 4. The molecule has 1 aromatic carbocycles. The van der Waals surface area contributed by atoms with Gasteiger partial charge in [-0.15, -0.1) is 0 Å². The molecule has 16 heavy (non-hydrogen) atoms. The van der Waals surface area contributed by atoms with Gasteiger partial charge in [-0.05, 0) is 19.9 Å². The Hall–Kier alpha value is -2.09. The smallest absolute Gasteiger partial charge is 0.277 e. The van der Waals surface area contributed by atoms with E-state index in [2.05, 4.69) is 0 Å². The Kier molecular flexibility index (Phi) is 3.14. The Labute approximate surface area is 93.4 Å². The minimum atomic E-state index is -0.963. The van der Waals surface area contributed by atoms with Crippen molar-refractivity contribution < 1.29 is 9.66 Å². The Bertz CT molecular complexity index is 461. The van der Waals surface area contributed by atoms with Crippen molar-refractivity contribution in [3.8, 4) is 11.8 Å². The first kappa shape index (κ1) is 12.0. The maximum Gasteiger partial charge on any atom is 0.277 e. The molecule has 1 rings (SSSR count). The first-order valence-electron chi connectivity index (χ1n) is 4.67. The van der Waals surface area contributed by atoms with Gasteiger partial charge in [-0.3, -0.25) is 10.1 Å². The molecule has 0 saturated carbocycles. The van der Waals surface area contributed by atoms with Crippen LogP contribution in [-0.4, -0.2) is 12.0 Å². The molecular formula is C11H12N2O3. The average molecular weight is 220 g/mol. The molecule has 0 radical (unpaired) electrons. The lowest BCUT2D eigenvalue weighted by Crippen LogP contribution is -2.17. The highest BCUT2D eigenvalue weighted by Gasteiger charge is 2.32. The molecule has 0 aliphatic rings. The summed E-state index contributed by atoms with van der Waals surface area (Å²) >= 11 is 0. The van der Waals surface area contributed by atoms with Crippen LogP contribution in [0.25, 0.3) is 0 Å². The molecule has 0 aliphatic carbocycles. The summed E-state index contributed by atoms with van der Waals surface area (Å²) in [7, 11) is 1.43. The second-order valence-corrected chi connectivity index (χ2v) is 3.85. The van der Waals surface area contributed by atoms with Crippen LogP contribution in [0.2, 0.25) is 0 Å². The lowest BCUT2D eigenvalue weighted by Gasteiger charge is -2.18. The topological polar surface area (TPSA) is 76.2 Å². The van der Waals surface area contributed by atoms with Crippen LogP contribution >= 0.6 is 0 Å². The largest absolute Gasteiger partial charge is 0.496 e.